The normalized spacial score (nSPS) is 12.4. The van der Waals surface area contributed by atoms with Gasteiger partial charge >= 0.3 is 0 Å². The van der Waals surface area contributed by atoms with Gasteiger partial charge in [0.15, 0.2) is 10.9 Å². The van der Waals surface area contributed by atoms with Gasteiger partial charge < -0.3 is 4.57 Å². The molecule has 0 unspecified atom stereocenters. The number of rotatable bonds is 5. The molecule has 4 nitrogen and oxygen atoms in total. The number of hydrogen-bond donors (Lipinski definition) is 0. The molecule has 112 valence electrons. The third kappa shape index (κ3) is 3.29. The quantitative estimate of drug-likeness (QED) is 0.628. The Bertz CT molecular complexity index is 672. The first-order chi connectivity index (χ1) is 9.93. The van der Waals surface area contributed by atoms with E-state index in [0.29, 0.717) is 11.7 Å². The first-order valence-corrected chi connectivity index (χ1v) is 7.37. The fraction of sp³-hybridized carbons (Fsp3) is 0.357. The van der Waals surface area contributed by atoms with Crippen LogP contribution >= 0.6 is 11.8 Å². The Morgan fingerprint density at radius 1 is 1.38 bits per heavy atom. The molecule has 0 spiro atoms. The van der Waals surface area contributed by atoms with Gasteiger partial charge in [0.2, 0.25) is 0 Å². The monoisotopic (exact) mass is 311 g/mol. The lowest BCUT2D eigenvalue weighted by Gasteiger charge is -2.11. The molecule has 0 N–H and O–H groups in total. The minimum atomic E-state index is -0.720. The van der Waals surface area contributed by atoms with E-state index in [4.69, 9.17) is 0 Å². The maximum absolute atomic E-state index is 13.6. The fourth-order valence-electron chi connectivity index (χ4n) is 1.93. The first-order valence-electron chi connectivity index (χ1n) is 6.49. The zero-order valence-electron chi connectivity index (χ0n) is 11.9. The highest BCUT2D eigenvalue weighted by Crippen LogP contribution is 2.25. The number of aryl methyl sites for hydroxylation is 1. The van der Waals surface area contributed by atoms with E-state index in [1.807, 2.05) is 18.4 Å². The minimum Gasteiger partial charge on any atom is -0.307 e. The lowest BCUT2D eigenvalue weighted by Crippen LogP contribution is -2.16. The number of carbonyl (C=O) groups excluding carboxylic acids is 1. The number of aromatic nitrogens is 3. The minimum absolute atomic E-state index is 0.241. The molecule has 0 saturated carbocycles. The van der Waals surface area contributed by atoms with Crippen molar-refractivity contribution in [2.24, 2.45) is 0 Å². The molecule has 1 aromatic heterocycles. The number of benzene rings is 1. The SMILES string of the molecule is CCn1c(C)nnc1S[C@H](C)C(=O)c1cc(F)ccc1F. The van der Waals surface area contributed by atoms with Gasteiger partial charge in [0.05, 0.1) is 10.8 Å². The van der Waals surface area contributed by atoms with Crippen LogP contribution in [0.3, 0.4) is 0 Å². The average molecular weight is 311 g/mol. The molecule has 0 radical (unpaired) electrons. The molecule has 0 aliphatic carbocycles. The predicted molar refractivity (Wildman–Crippen MR) is 76.4 cm³/mol. The molecular formula is C14H15F2N3OS. The fourth-order valence-corrected chi connectivity index (χ4v) is 2.96. The van der Waals surface area contributed by atoms with E-state index in [1.165, 1.54) is 11.8 Å². The van der Waals surface area contributed by atoms with E-state index in [2.05, 4.69) is 10.2 Å². The van der Waals surface area contributed by atoms with Crippen molar-refractivity contribution in [2.45, 2.75) is 37.7 Å². The smallest absolute Gasteiger partial charge is 0.191 e. The van der Waals surface area contributed by atoms with Crippen molar-refractivity contribution >= 4 is 17.5 Å². The van der Waals surface area contributed by atoms with Crippen molar-refractivity contribution in [1.29, 1.82) is 0 Å². The molecule has 0 bridgehead atoms. The molecule has 2 rings (SSSR count). The van der Waals surface area contributed by atoms with E-state index in [1.54, 1.807) is 6.92 Å². The zero-order valence-corrected chi connectivity index (χ0v) is 12.7. The molecule has 7 heteroatoms. The molecule has 0 aliphatic rings. The molecule has 1 heterocycles. The summed E-state index contributed by atoms with van der Waals surface area (Å²) in [5.74, 6) is -1.08. The number of carbonyl (C=O) groups is 1. The van der Waals surface area contributed by atoms with Gasteiger partial charge in [-0.05, 0) is 39.0 Å². The summed E-state index contributed by atoms with van der Waals surface area (Å²) in [6.07, 6.45) is 0. The highest BCUT2D eigenvalue weighted by atomic mass is 32.2. The topological polar surface area (TPSA) is 47.8 Å². The average Bonchev–Trinajstić information content (AvgIpc) is 2.80. The molecule has 21 heavy (non-hydrogen) atoms. The summed E-state index contributed by atoms with van der Waals surface area (Å²) in [5, 5.41) is 7.95. The van der Waals surface area contributed by atoms with Gasteiger partial charge in [0.1, 0.15) is 17.5 Å². The van der Waals surface area contributed by atoms with Gasteiger partial charge in [-0.1, -0.05) is 11.8 Å². The second kappa shape index (κ2) is 6.34. The highest BCUT2D eigenvalue weighted by molar-refractivity contribution is 8.00. The van der Waals surface area contributed by atoms with E-state index in [9.17, 15) is 13.6 Å². The molecular weight excluding hydrogens is 296 g/mol. The van der Waals surface area contributed by atoms with E-state index >= 15 is 0 Å². The van der Waals surface area contributed by atoms with Gasteiger partial charge in [-0.15, -0.1) is 10.2 Å². The first kappa shape index (κ1) is 15.6. The maximum Gasteiger partial charge on any atom is 0.191 e. The third-order valence-corrected chi connectivity index (χ3v) is 4.14. The van der Waals surface area contributed by atoms with Crippen molar-refractivity contribution in [3.8, 4) is 0 Å². The van der Waals surface area contributed by atoms with Gasteiger partial charge in [-0.3, -0.25) is 4.79 Å². The second-order valence-corrected chi connectivity index (χ2v) is 5.83. The molecule has 2 aromatic rings. The van der Waals surface area contributed by atoms with Crippen LogP contribution in [-0.2, 0) is 6.54 Å². The summed E-state index contributed by atoms with van der Waals surface area (Å²) < 4.78 is 28.7. The Kier molecular flexibility index (Phi) is 4.72. The number of halogens is 2. The second-order valence-electron chi connectivity index (χ2n) is 4.52. The Hall–Kier alpha value is -1.76. The Labute approximate surface area is 125 Å². The largest absolute Gasteiger partial charge is 0.307 e. The van der Waals surface area contributed by atoms with Gasteiger partial charge in [0.25, 0.3) is 0 Å². The van der Waals surface area contributed by atoms with Crippen LogP contribution in [0.5, 0.6) is 0 Å². The Morgan fingerprint density at radius 2 is 2.10 bits per heavy atom. The lowest BCUT2D eigenvalue weighted by atomic mass is 10.1. The standard InChI is InChI=1S/C14H15F2N3OS/c1-4-19-9(3)17-18-14(19)21-8(2)13(20)11-7-10(15)5-6-12(11)16/h5-8H,4H2,1-3H3/t8-/m1/s1. The van der Waals surface area contributed by atoms with Crippen molar-refractivity contribution < 1.29 is 13.6 Å². The number of thioether (sulfide) groups is 1. The molecule has 1 aromatic carbocycles. The summed E-state index contributed by atoms with van der Waals surface area (Å²) in [6, 6.07) is 2.87. The van der Waals surface area contributed by atoms with Gasteiger partial charge in [-0.2, -0.15) is 0 Å². The molecule has 0 saturated heterocycles. The summed E-state index contributed by atoms with van der Waals surface area (Å²) in [5.41, 5.74) is -0.241. The molecule has 0 fully saturated rings. The predicted octanol–water partition coefficient (Wildman–Crippen LogP) is 3.25. The van der Waals surface area contributed by atoms with E-state index in [0.717, 1.165) is 24.0 Å². The Morgan fingerprint density at radius 3 is 2.76 bits per heavy atom. The number of nitrogens with zero attached hydrogens (tertiary/aromatic N) is 3. The van der Waals surface area contributed by atoms with Crippen LogP contribution in [0.1, 0.15) is 30.0 Å². The van der Waals surface area contributed by atoms with Crippen LogP contribution in [-0.4, -0.2) is 25.8 Å². The van der Waals surface area contributed by atoms with E-state index in [-0.39, 0.29) is 5.56 Å². The Balaban J connectivity index is 2.21. The van der Waals surface area contributed by atoms with Crippen molar-refractivity contribution in [1.82, 2.24) is 14.8 Å². The summed E-state index contributed by atoms with van der Waals surface area (Å²) in [4.78, 5) is 12.2. The lowest BCUT2D eigenvalue weighted by molar-refractivity contribution is 0.0989. The maximum atomic E-state index is 13.6. The van der Waals surface area contributed by atoms with Crippen LogP contribution in [0.4, 0.5) is 8.78 Å². The van der Waals surface area contributed by atoms with Crippen LogP contribution < -0.4 is 0 Å². The highest BCUT2D eigenvalue weighted by Gasteiger charge is 2.22. The summed E-state index contributed by atoms with van der Waals surface area (Å²) in [7, 11) is 0. The van der Waals surface area contributed by atoms with Gasteiger partial charge in [-0.25, -0.2) is 8.78 Å². The van der Waals surface area contributed by atoms with Crippen molar-refractivity contribution in [3.05, 3.63) is 41.2 Å². The zero-order chi connectivity index (χ0) is 15.6. The van der Waals surface area contributed by atoms with Crippen LogP contribution in [0.25, 0.3) is 0 Å². The van der Waals surface area contributed by atoms with Gasteiger partial charge in [0, 0.05) is 6.54 Å². The van der Waals surface area contributed by atoms with Crippen LogP contribution in [0.15, 0.2) is 23.4 Å². The number of hydrogen-bond acceptors (Lipinski definition) is 4. The number of ketones is 1. The van der Waals surface area contributed by atoms with E-state index < -0.39 is 22.7 Å². The summed E-state index contributed by atoms with van der Waals surface area (Å²) in [6.45, 7) is 6.08. The number of Topliss-reactive ketones (excluding diaryl/α,β-unsaturated/α-hetero) is 1. The van der Waals surface area contributed by atoms with Crippen LogP contribution in [0, 0.1) is 18.6 Å². The third-order valence-electron chi connectivity index (χ3n) is 3.06. The van der Waals surface area contributed by atoms with Crippen molar-refractivity contribution in [2.75, 3.05) is 0 Å². The molecule has 0 aliphatic heterocycles. The van der Waals surface area contributed by atoms with Crippen LogP contribution in [0.2, 0.25) is 0 Å². The van der Waals surface area contributed by atoms with Crippen molar-refractivity contribution in [3.63, 3.8) is 0 Å². The molecule has 1 atom stereocenters. The summed E-state index contributed by atoms with van der Waals surface area (Å²) >= 11 is 1.18. The molecule has 0 amide bonds.